The molecule has 0 bridgehead atoms. The lowest BCUT2D eigenvalue weighted by atomic mass is 10.1. The maximum absolute atomic E-state index is 13.3. The number of amides is 1. The van der Waals surface area contributed by atoms with E-state index in [-0.39, 0.29) is 24.6 Å². The summed E-state index contributed by atoms with van der Waals surface area (Å²) in [5, 5.41) is 0.831. The predicted molar refractivity (Wildman–Crippen MR) is 130 cm³/mol. The van der Waals surface area contributed by atoms with Crippen molar-refractivity contribution < 1.29 is 14.3 Å². The molecule has 0 fully saturated rings. The quantitative estimate of drug-likeness (QED) is 0.448. The number of fused-ring (bicyclic) bond motifs is 1. The number of nitrogens with zero attached hydrogens (tertiary/aromatic N) is 1. The van der Waals surface area contributed by atoms with Gasteiger partial charge in [-0.15, -0.1) is 0 Å². The van der Waals surface area contributed by atoms with E-state index in [0.29, 0.717) is 28.3 Å². The SMILES string of the molecule is COc1ccc2[nH]c(=O)c(CN(C(=O)COc3ccccc3)c3ccc(C)c(C)c3)cc2c1. The molecule has 4 aromatic rings. The second kappa shape index (κ2) is 9.61. The number of rotatable bonds is 7. The third-order valence-corrected chi connectivity index (χ3v) is 5.67. The van der Waals surface area contributed by atoms with Crippen LogP contribution in [0, 0.1) is 13.8 Å². The van der Waals surface area contributed by atoms with Crippen molar-refractivity contribution in [2.24, 2.45) is 0 Å². The molecule has 0 saturated carbocycles. The number of carbonyl (C=O) groups is 1. The highest BCUT2D eigenvalue weighted by atomic mass is 16.5. The molecule has 0 aliphatic rings. The minimum Gasteiger partial charge on any atom is -0.497 e. The number of carbonyl (C=O) groups excluding carboxylic acids is 1. The molecule has 6 nitrogen and oxygen atoms in total. The van der Waals surface area contributed by atoms with Crippen LogP contribution in [0.3, 0.4) is 0 Å². The van der Waals surface area contributed by atoms with E-state index in [1.54, 1.807) is 42.3 Å². The number of aromatic nitrogens is 1. The lowest BCUT2D eigenvalue weighted by Crippen LogP contribution is -2.36. The van der Waals surface area contributed by atoms with Crippen LogP contribution in [0.15, 0.2) is 77.6 Å². The Morgan fingerprint density at radius 3 is 2.42 bits per heavy atom. The maximum Gasteiger partial charge on any atom is 0.265 e. The second-order valence-electron chi connectivity index (χ2n) is 7.93. The van der Waals surface area contributed by atoms with Gasteiger partial charge < -0.3 is 19.4 Å². The predicted octanol–water partition coefficient (Wildman–Crippen LogP) is 4.77. The lowest BCUT2D eigenvalue weighted by molar-refractivity contribution is -0.120. The molecule has 6 heteroatoms. The highest BCUT2D eigenvalue weighted by molar-refractivity contribution is 5.94. The molecule has 0 aliphatic heterocycles. The first kappa shape index (κ1) is 22.1. The number of aryl methyl sites for hydroxylation is 2. The molecule has 0 unspecified atom stereocenters. The van der Waals surface area contributed by atoms with Crippen molar-refractivity contribution in [3.8, 4) is 11.5 Å². The minimum absolute atomic E-state index is 0.113. The molecule has 168 valence electrons. The van der Waals surface area contributed by atoms with Gasteiger partial charge in [-0.2, -0.15) is 0 Å². The largest absolute Gasteiger partial charge is 0.497 e. The number of hydrogen-bond donors (Lipinski definition) is 1. The van der Waals surface area contributed by atoms with E-state index in [1.165, 1.54) is 0 Å². The summed E-state index contributed by atoms with van der Waals surface area (Å²) >= 11 is 0. The van der Waals surface area contributed by atoms with Crippen molar-refractivity contribution in [1.82, 2.24) is 4.98 Å². The fourth-order valence-corrected chi connectivity index (χ4v) is 3.60. The number of ether oxygens (including phenoxy) is 2. The summed E-state index contributed by atoms with van der Waals surface area (Å²) < 4.78 is 11.0. The molecule has 0 radical (unpaired) electrons. The van der Waals surface area contributed by atoms with Crippen LogP contribution in [0.4, 0.5) is 5.69 Å². The first-order valence-electron chi connectivity index (χ1n) is 10.7. The van der Waals surface area contributed by atoms with E-state index in [1.807, 2.05) is 56.3 Å². The molecular formula is C27H26N2O4. The molecule has 0 atom stereocenters. The second-order valence-corrected chi connectivity index (χ2v) is 7.93. The van der Waals surface area contributed by atoms with Gasteiger partial charge in [0.15, 0.2) is 6.61 Å². The smallest absolute Gasteiger partial charge is 0.265 e. The number of para-hydroxylation sites is 1. The Bertz CT molecular complexity index is 1350. The van der Waals surface area contributed by atoms with Crippen molar-refractivity contribution >= 4 is 22.5 Å². The number of aromatic amines is 1. The van der Waals surface area contributed by atoms with Gasteiger partial charge in [0.2, 0.25) is 0 Å². The summed E-state index contributed by atoms with van der Waals surface area (Å²) in [5.74, 6) is 1.06. The number of benzene rings is 3. The van der Waals surface area contributed by atoms with Gasteiger partial charge >= 0.3 is 0 Å². The zero-order chi connectivity index (χ0) is 23.4. The number of methoxy groups -OCH3 is 1. The highest BCUT2D eigenvalue weighted by Gasteiger charge is 2.19. The van der Waals surface area contributed by atoms with Gasteiger partial charge in [0.1, 0.15) is 11.5 Å². The molecule has 4 rings (SSSR count). The number of hydrogen-bond acceptors (Lipinski definition) is 4. The standard InChI is InChI=1S/C27H26N2O4/c1-18-9-10-22(13-19(18)2)29(26(30)17-33-23-7-5-4-6-8-23)16-21-14-20-15-24(32-3)11-12-25(20)28-27(21)31/h4-15H,16-17H2,1-3H3,(H,28,31). The van der Waals surface area contributed by atoms with Crippen molar-refractivity contribution in [3.05, 3.63) is 99.8 Å². The van der Waals surface area contributed by atoms with Crippen molar-refractivity contribution in [2.45, 2.75) is 20.4 Å². The summed E-state index contributed by atoms with van der Waals surface area (Å²) in [6.45, 7) is 3.99. The summed E-state index contributed by atoms with van der Waals surface area (Å²) in [7, 11) is 1.60. The van der Waals surface area contributed by atoms with Crippen LogP contribution in [-0.2, 0) is 11.3 Å². The molecule has 1 N–H and O–H groups in total. The lowest BCUT2D eigenvalue weighted by Gasteiger charge is -2.24. The van der Waals surface area contributed by atoms with Crippen LogP contribution in [0.25, 0.3) is 10.9 Å². The van der Waals surface area contributed by atoms with Crippen LogP contribution in [0.2, 0.25) is 0 Å². The molecule has 1 aromatic heterocycles. The number of pyridine rings is 1. The Balaban J connectivity index is 1.68. The molecule has 0 saturated heterocycles. The van der Waals surface area contributed by atoms with E-state index in [2.05, 4.69) is 4.98 Å². The zero-order valence-electron chi connectivity index (χ0n) is 18.9. The Kier molecular flexibility index (Phi) is 6.45. The molecule has 0 spiro atoms. The van der Waals surface area contributed by atoms with Gasteiger partial charge in [-0.3, -0.25) is 9.59 Å². The van der Waals surface area contributed by atoms with E-state index in [4.69, 9.17) is 9.47 Å². The number of anilines is 1. The van der Waals surface area contributed by atoms with Gasteiger partial charge in [-0.1, -0.05) is 24.3 Å². The molecular weight excluding hydrogens is 416 g/mol. The summed E-state index contributed by atoms with van der Waals surface area (Å²) in [6, 6.07) is 22.3. The highest BCUT2D eigenvalue weighted by Crippen LogP contribution is 2.23. The Hall–Kier alpha value is -4.06. The zero-order valence-corrected chi connectivity index (χ0v) is 18.9. The van der Waals surface area contributed by atoms with E-state index >= 15 is 0 Å². The summed E-state index contributed by atoms with van der Waals surface area (Å²) in [5.41, 5.74) is 3.85. The van der Waals surface area contributed by atoms with Gasteiger partial charge in [0, 0.05) is 22.2 Å². The summed E-state index contributed by atoms with van der Waals surface area (Å²) in [6.07, 6.45) is 0. The maximum atomic E-state index is 13.3. The van der Waals surface area contributed by atoms with Gasteiger partial charge in [-0.05, 0) is 73.5 Å². The molecule has 1 amide bonds. The van der Waals surface area contributed by atoms with E-state index < -0.39 is 0 Å². The minimum atomic E-state index is -0.243. The average Bonchev–Trinajstić information content (AvgIpc) is 2.83. The topological polar surface area (TPSA) is 71.6 Å². The molecule has 3 aromatic carbocycles. The van der Waals surface area contributed by atoms with Crippen LogP contribution in [0.1, 0.15) is 16.7 Å². The Morgan fingerprint density at radius 2 is 1.70 bits per heavy atom. The number of H-pyrrole nitrogens is 1. The monoisotopic (exact) mass is 442 g/mol. The van der Waals surface area contributed by atoms with Crippen molar-refractivity contribution in [2.75, 3.05) is 18.6 Å². The van der Waals surface area contributed by atoms with E-state index in [9.17, 15) is 9.59 Å². The average molecular weight is 443 g/mol. The van der Waals surface area contributed by atoms with Crippen molar-refractivity contribution in [1.29, 1.82) is 0 Å². The van der Waals surface area contributed by atoms with Crippen molar-refractivity contribution in [3.63, 3.8) is 0 Å². The molecule has 0 aliphatic carbocycles. The van der Waals surface area contributed by atoms with Gasteiger partial charge in [0.25, 0.3) is 11.5 Å². The number of nitrogens with one attached hydrogen (secondary N) is 1. The summed E-state index contributed by atoms with van der Waals surface area (Å²) in [4.78, 5) is 30.6. The molecule has 33 heavy (non-hydrogen) atoms. The van der Waals surface area contributed by atoms with Gasteiger partial charge in [0.05, 0.1) is 13.7 Å². The third kappa shape index (κ3) is 5.06. The van der Waals surface area contributed by atoms with Crippen LogP contribution < -0.4 is 19.9 Å². The van der Waals surface area contributed by atoms with Crippen LogP contribution in [-0.4, -0.2) is 24.6 Å². The fourth-order valence-electron chi connectivity index (χ4n) is 3.60. The third-order valence-electron chi connectivity index (χ3n) is 5.67. The first-order valence-corrected chi connectivity index (χ1v) is 10.7. The Labute approximate surface area is 192 Å². The first-order chi connectivity index (χ1) is 15.9. The van der Waals surface area contributed by atoms with Gasteiger partial charge in [-0.25, -0.2) is 0 Å². The normalized spacial score (nSPS) is 10.8. The Morgan fingerprint density at radius 1 is 0.909 bits per heavy atom. The van der Waals surface area contributed by atoms with Crippen LogP contribution in [0.5, 0.6) is 11.5 Å². The van der Waals surface area contributed by atoms with Crippen LogP contribution >= 0.6 is 0 Å². The fraction of sp³-hybridized carbons (Fsp3) is 0.185. The molecule has 1 heterocycles. The van der Waals surface area contributed by atoms with E-state index in [0.717, 1.165) is 16.5 Å².